The summed E-state index contributed by atoms with van der Waals surface area (Å²) in [5.41, 5.74) is 2.26. The first-order chi connectivity index (χ1) is 14.8. The molecule has 31 heavy (non-hydrogen) atoms. The van der Waals surface area contributed by atoms with E-state index in [1.807, 2.05) is 31.2 Å². The Morgan fingerprint density at radius 2 is 1.77 bits per heavy atom. The quantitative estimate of drug-likeness (QED) is 0.514. The zero-order valence-corrected chi connectivity index (χ0v) is 18.0. The van der Waals surface area contributed by atoms with E-state index in [1.54, 1.807) is 25.1 Å². The molecule has 3 rings (SSSR count). The van der Waals surface area contributed by atoms with Crippen LogP contribution >= 0.6 is 0 Å². The lowest BCUT2D eigenvalue weighted by molar-refractivity contribution is -0.385. The Kier molecular flexibility index (Phi) is 7.39. The highest BCUT2D eigenvalue weighted by molar-refractivity contribution is 5.88. The highest BCUT2D eigenvalue weighted by atomic mass is 16.6. The molecule has 7 heteroatoms. The predicted molar refractivity (Wildman–Crippen MR) is 118 cm³/mol. The molecule has 0 spiro atoms. The Balaban J connectivity index is 1.81. The fraction of sp³-hybridized carbons (Fsp3) is 0.417. The summed E-state index contributed by atoms with van der Waals surface area (Å²) in [6, 6.07) is 13.5. The van der Waals surface area contributed by atoms with Crippen LogP contribution in [-0.4, -0.2) is 33.7 Å². The van der Waals surface area contributed by atoms with Crippen LogP contribution in [0.25, 0.3) is 0 Å². The zero-order chi connectivity index (χ0) is 22.4. The number of carbonyl (C=O) groups is 2. The number of hydrogen-bond donors (Lipinski definition) is 1. The normalized spacial score (nSPS) is 14.8. The zero-order valence-electron chi connectivity index (χ0n) is 18.0. The molecule has 0 bridgehead atoms. The van der Waals surface area contributed by atoms with Crippen LogP contribution in [0.3, 0.4) is 0 Å². The maximum Gasteiger partial charge on any atom is 0.273 e. The molecule has 1 aliphatic carbocycles. The second-order valence-electron chi connectivity index (χ2n) is 8.24. The van der Waals surface area contributed by atoms with E-state index in [4.69, 9.17) is 0 Å². The van der Waals surface area contributed by atoms with Gasteiger partial charge in [-0.1, -0.05) is 60.9 Å². The molecular weight excluding hydrogens is 394 g/mol. The average molecular weight is 424 g/mol. The van der Waals surface area contributed by atoms with E-state index in [0.717, 1.165) is 36.8 Å². The van der Waals surface area contributed by atoms with Crippen LogP contribution in [0, 0.1) is 17.0 Å². The first-order valence-corrected chi connectivity index (χ1v) is 10.7. The van der Waals surface area contributed by atoms with Crippen LogP contribution in [0.4, 0.5) is 5.69 Å². The molecule has 0 aliphatic heterocycles. The van der Waals surface area contributed by atoms with Crippen molar-refractivity contribution in [3.63, 3.8) is 0 Å². The molecule has 1 N–H and O–H groups in total. The van der Waals surface area contributed by atoms with Crippen LogP contribution in [0.1, 0.15) is 49.3 Å². The standard InChI is InChI=1S/C24H29N3O4/c1-17-11-13-19(14-12-17)16-26(18(2)24(29)25-21-8-4-5-9-21)23(28)15-20-7-3-6-10-22(20)27(30)31/h3,6-7,10-14,18,21H,4-5,8-9,15-16H2,1-2H3,(H,25,29)/t18-/m1/s1. The molecule has 0 radical (unpaired) electrons. The molecule has 164 valence electrons. The monoisotopic (exact) mass is 423 g/mol. The van der Waals surface area contributed by atoms with Gasteiger partial charge in [0, 0.05) is 24.2 Å². The number of carbonyl (C=O) groups excluding carboxylic acids is 2. The minimum atomic E-state index is -0.683. The van der Waals surface area contributed by atoms with Crippen LogP contribution in [0.5, 0.6) is 0 Å². The summed E-state index contributed by atoms with van der Waals surface area (Å²) in [5, 5.41) is 14.4. The third kappa shape index (κ3) is 5.90. The lowest BCUT2D eigenvalue weighted by atomic mass is 10.1. The van der Waals surface area contributed by atoms with Crippen molar-refractivity contribution in [3.05, 3.63) is 75.3 Å². The summed E-state index contributed by atoms with van der Waals surface area (Å²) >= 11 is 0. The maximum atomic E-state index is 13.3. The molecule has 1 fully saturated rings. The van der Waals surface area contributed by atoms with Crippen molar-refractivity contribution in [2.75, 3.05) is 0 Å². The van der Waals surface area contributed by atoms with Crippen molar-refractivity contribution < 1.29 is 14.5 Å². The Hall–Kier alpha value is -3.22. The van der Waals surface area contributed by atoms with Gasteiger partial charge in [0.05, 0.1) is 11.3 Å². The van der Waals surface area contributed by atoms with E-state index in [0.29, 0.717) is 5.56 Å². The number of benzene rings is 2. The van der Waals surface area contributed by atoms with Gasteiger partial charge in [0.15, 0.2) is 0 Å². The second kappa shape index (κ2) is 10.2. The number of nitro groups is 1. The Bertz CT molecular complexity index is 936. The lowest BCUT2D eigenvalue weighted by Crippen LogP contribution is -2.50. The summed E-state index contributed by atoms with van der Waals surface area (Å²) in [6.07, 6.45) is 3.98. The van der Waals surface area contributed by atoms with Crippen molar-refractivity contribution >= 4 is 17.5 Å². The molecule has 1 aliphatic rings. The SMILES string of the molecule is Cc1ccc(CN(C(=O)Cc2ccccc2[N+](=O)[O-])[C@H](C)C(=O)NC2CCCC2)cc1. The van der Waals surface area contributed by atoms with Crippen molar-refractivity contribution in [1.29, 1.82) is 0 Å². The fourth-order valence-corrected chi connectivity index (χ4v) is 3.97. The fourth-order valence-electron chi connectivity index (χ4n) is 3.97. The molecule has 0 saturated heterocycles. The van der Waals surface area contributed by atoms with Gasteiger partial charge in [0.1, 0.15) is 6.04 Å². The van der Waals surface area contributed by atoms with E-state index in [9.17, 15) is 19.7 Å². The van der Waals surface area contributed by atoms with Gasteiger partial charge in [0.2, 0.25) is 11.8 Å². The smallest absolute Gasteiger partial charge is 0.273 e. The van der Waals surface area contributed by atoms with E-state index < -0.39 is 11.0 Å². The van der Waals surface area contributed by atoms with Gasteiger partial charge in [-0.2, -0.15) is 0 Å². The van der Waals surface area contributed by atoms with Crippen LogP contribution < -0.4 is 5.32 Å². The Morgan fingerprint density at radius 1 is 1.13 bits per heavy atom. The predicted octanol–water partition coefficient (Wildman–Crippen LogP) is 3.92. The van der Waals surface area contributed by atoms with E-state index >= 15 is 0 Å². The summed E-state index contributed by atoms with van der Waals surface area (Å²) < 4.78 is 0. The van der Waals surface area contributed by atoms with Gasteiger partial charge < -0.3 is 10.2 Å². The lowest BCUT2D eigenvalue weighted by Gasteiger charge is -2.30. The number of amides is 2. The molecule has 2 aromatic rings. The van der Waals surface area contributed by atoms with Crippen molar-refractivity contribution in [1.82, 2.24) is 10.2 Å². The maximum absolute atomic E-state index is 13.3. The number of para-hydroxylation sites is 1. The van der Waals surface area contributed by atoms with Gasteiger partial charge >= 0.3 is 0 Å². The number of hydrogen-bond acceptors (Lipinski definition) is 4. The molecule has 7 nitrogen and oxygen atoms in total. The van der Waals surface area contributed by atoms with Crippen LogP contribution in [0.15, 0.2) is 48.5 Å². The number of nitrogens with one attached hydrogen (secondary N) is 1. The largest absolute Gasteiger partial charge is 0.352 e. The van der Waals surface area contributed by atoms with Crippen molar-refractivity contribution in [2.24, 2.45) is 0 Å². The summed E-state index contributed by atoms with van der Waals surface area (Å²) in [4.78, 5) is 38.6. The highest BCUT2D eigenvalue weighted by Gasteiger charge is 2.29. The third-order valence-corrected chi connectivity index (χ3v) is 5.87. The molecule has 1 atom stereocenters. The van der Waals surface area contributed by atoms with Gasteiger partial charge in [-0.3, -0.25) is 19.7 Å². The Labute approximate surface area is 182 Å². The highest BCUT2D eigenvalue weighted by Crippen LogP contribution is 2.21. The molecule has 0 unspecified atom stereocenters. The van der Waals surface area contributed by atoms with E-state index in [1.165, 1.54) is 11.0 Å². The van der Waals surface area contributed by atoms with Gasteiger partial charge in [-0.15, -0.1) is 0 Å². The third-order valence-electron chi connectivity index (χ3n) is 5.87. The van der Waals surface area contributed by atoms with E-state index in [-0.39, 0.29) is 36.5 Å². The molecule has 0 heterocycles. The molecule has 1 saturated carbocycles. The van der Waals surface area contributed by atoms with Crippen molar-refractivity contribution in [2.45, 2.75) is 64.6 Å². The number of nitro benzene ring substituents is 1. The van der Waals surface area contributed by atoms with Gasteiger partial charge in [0.25, 0.3) is 5.69 Å². The first-order valence-electron chi connectivity index (χ1n) is 10.7. The topological polar surface area (TPSA) is 92.6 Å². The number of nitrogens with zero attached hydrogens (tertiary/aromatic N) is 2. The average Bonchev–Trinajstić information content (AvgIpc) is 3.26. The Morgan fingerprint density at radius 3 is 2.42 bits per heavy atom. The molecular formula is C24H29N3O4. The van der Waals surface area contributed by atoms with Gasteiger partial charge in [-0.05, 0) is 32.3 Å². The van der Waals surface area contributed by atoms with Gasteiger partial charge in [-0.25, -0.2) is 0 Å². The van der Waals surface area contributed by atoms with Crippen LogP contribution in [0.2, 0.25) is 0 Å². The first kappa shape index (κ1) is 22.5. The second-order valence-corrected chi connectivity index (χ2v) is 8.24. The minimum Gasteiger partial charge on any atom is -0.352 e. The number of rotatable bonds is 8. The van der Waals surface area contributed by atoms with Crippen LogP contribution in [-0.2, 0) is 22.6 Å². The molecule has 2 aromatic carbocycles. The summed E-state index contributed by atoms with van der Waals surface area (Å²) in [6.45, 7) is 3.97. The minimum absolute atomic E-state index is 0.0887. The van der Waals surface area contributed by atoms with Crippen molar-refractivity contribution in [3.8, 4) is 0 Å². The summed E-state index contributed by atoms with van der Waals surface area (Å²) in [5.74, 6) is -0.501. The van der Waals surface area contributed by atoms with E-state index in [2.05, 4.69) is 5.32 Å². The number of aryl methyl sites for hydroxylation is 1. The molecule has 0 aromatic heterocycles. The summed E-state index contributed by atoms with van der Waals surface area (Å²) in [7, 11) is 0. The molecule has 2 amide bonds.